The number of halogens is 2. The Morgan fingerprint density at radius 3 is 2.75 bits per heavy atom. The summed E-state index contributed by atoms with van der Waals surface area (Å²) in [5.41, 5.74) is 5.67. The Labute approximate surface area is 105 Å². The number of hydrogen-bond donors (Lipinski definition) is 1. The van der Waals surface area contributed by atoms with Gasteiger partial charge in [0.15, 0.2) is 0 Å². The molecule has 5 heteroatoms. The lowest BCUT2D eigenvalue weighted by Gasteiger charge is -2.36. The van der Waals surface area contributed by atoms with Gasteiger partial charge in [0.25, 0.3) is 0 Å². The Balaban J connectivity index is 1.76. The molecule has 0 radical (unpaired) electrons. The molecule has 1 aromatic rings. The molecule has 2 rings (SSSR count). The van der Waals surface area contributed by atoms with E-state index in [2.05, 4.69) is 4.90 Å². The maximum absolute atomic E-state index is 5.97. The number of rotatable bonds is 4. The van der Waals surface area contributed by atoms with Crippen LogP contribution >= 0.6 is 23.2 Å². The first kappa shape index (κ1) is 12.0. The van der Waals surface area contributed by atoms with E-state index in [4.69, 9.17) is 33.7 Å². The van der Waals surface area contributed by atoms with Crippen molar-refractivity contribution in [3.05, 3.63) is 28.2 Å². The molecule has 0 aliphatic carbocycles. The lowest BCUT2D eigenvalue weighted by atomic mass is 10.1. The number of ether oxygens (including phenoxy) is 1. The van der Waals surface area contributed by atoms with Crippen molar-refractivity contribution in [2.45, 2.75) is 6.04 Å². The third kappa shape index (κ3) is 3.01. The molecule has 2 N–H and O–H groups in total. The van der Waals surface area contributed by atoms with Crippen molar-refractivity contribution in [2.24, 2.45) is 5.73 Å². The fraction of sp³-hybridized carbons (Fsp3) is 0.455. The lowest BCUT2D eigenvalue weighted by molar-refractivity contribution is 0.124. The van der Waals surface area contributed by atoms with Crippen molar-refractivity contribution >= 4 is 23.2 Å². The quantitative estimate of drug-likeness (QED) is 0.901. The molecule has 88 valence electrons. The molecule has 0 aromatic heterocycles. The summed E-state index contributed by atoms with van der Waals surface area (Å²) in [6.45, 7) is 3.41. The molecular formula is C11H14Cl2N2O. The average Bonchev–Trinajstić information content (AvgIpc) is 2.18. The van der Waals surface area contributed by atoms with Crippen LogP contribution in [0.2, 0.25) is 10.0 Å². The fourth-order valence-electron chi connectivity index (χ4n) is 1.67. The highest BCUT2D eigenvalue weighted by Crippen LogP contribution is 2.27. The zero-order valence-electron chi connectivity index (χ0n) is 8.83. The fourth-order valence-corrected chi connectivity index (χ4v) is 2.13. The summed E-state index contributed by atoms with van der Waals surface area (Å²) < 4.78 is 5.56. The Kier molecular flexibility index (Phi) is 3.92. The van der Waals surface area contributed by atoms with E-state index in [0.717, 1.165) is 19.6 Å². The molecule has 16 heavy (non-hydrogen) atoms. The highest BCUT2D eigenvalue weighted by Gasteiger charge is 2.22. The van der Waals surface area contributed by atoms with Crippen LogP contribution in [-0.2, 0) is 0 Å². The van der Waals surface area contributed by atoms with Crippen LogP contribution in [0.25, 0.3) is 0 Å². The summed E-state index contributed by atoms with van der Waals surface area (Å²) in [5.74, 6) is 0.677. The molecule has 1 fully saturated rings. The number of nitrogens with zero attached hydrogens (tertiary/aromatic N) is 1. The van der Waals surface area contributed by atoms with E-state index in [0.29, 0.717) is 28.4 Å². The van der Waals surface area contributed by atoms with Gasteiger partial charge in [0, 0.05) is 30.7 Å². The van der Waals surface area contributed by atoms with Gasteiger partial charge in [-0.25, -0.2) is 0 Å². The van der Waals surface area contributed by atoms with Crippen molar-refractivity contribution in [3.8, 4) is 5.75 Å². The molecule has 3 nitrogen and oxygen atoms in total. The van der Waals surface area contributed by atoms with Crippen molar-refractivity contribution in [2.75, 3.05) is 26.2 Å². The summed E-state index contributed by atoms with van der Waals surface area (Å²) in [4.78, 5) is 2.24. The van der Waals surface area contributed by atoms with Crippen LogP contribution in [0.1, 0.15) is 0 Å². The Morgan fingerprint density at radius 1 is 1.38 bits per heavy atom. The van der Waals surface area contributed by atoms with Crippen molar-refractivity contribution in [3.63, 3.8) is 0 Å². The van der Waals surface area contributed by atoms with E-state index >= 15 is 0 Å². The second-order valence-electron chi connectivity index (χ2n) is 3.94. The molecule has 0 spiro atoms. The third-order valence-corrected chi connectivity index (χ3v) is 3.07. The minimum absolute atomic E-state index is 0.333. The first-order chi connectivity index (χ1) is 7.65. The van der Waals surface area contributed by atoms with Crippen LogP contribution in [0, 0.1) is 0 Å². The van der Waals surface area contributed by atoms with Crippen LogP contribution in [0.4, 0.5) is 0 Å². The monoisotopic (exact) mass is 260 g/mol. The predicted molar refractivity (Wildman–Crippen MR) is 66.4 cm³/mol. The van der Waals surface area contributed by atoms with E-state index in [9.17, 15) is 0 Å². The molecule has 0 atom stereocenters. The van der Waals surface area contributed by atoms with Crippen LogP contribution in [0.5, 0.6) is 5.75 Å². The molecular weight excluding hydrogens is 247 g/mol. The SMILES string of the molecule is NC1CN(CCOc2ccc(Cl)cc2Cl)C1. The summed E-state index contributed by atoms with van der Waals surface area (Å²) in [5, 5.41) is 1.17. The third-order valence-electron chi connectivity index (χ3n) is 2.54. The van der Waals surface area contributed by atoms with Gasteiger partial charge in [-0.3, -0.25) is 4.90 Å². The van der Waals surface area contributed by atoms with Crippen molar-refractivity contribution < 1.29 is 4.74 Å². The molecule has 0 amide bonds. The zero-order valence-corrected chi connectivity index (χ0v) is 10.3. The van der Waals surface area contributed by atoms with Crippen LogP contribution in [-0.4, -0.2) is 37.2 Å². The summed E-state index contributed by atoms with van der Waals surface area (Å²) in [6.07, 6.45) is 0. The topological polar surface area (TPSA) is 38.5 Å². The summed E-state index contributed by atoms with van der Waals surface area (Å²) >= 11 is 11.8. The van der Waals surface area contributed by atoms with E-state index in [1.54, 1.807) is 18.2 Å². The Hall–Kier alpha value is -0.480. The van der Waals surface area contributed by atoms with Crippen molar-refractivity contribution in [1.29, 1.82) is 0 Å². The van der Waals surface area contributed by atoms with E-state index in [1.165, 1.54) is 0 Å². The van der Waals surface area contributed by atoms with Gasteiger partial charge < -0.3 is 10.5 Å². The number of hydrogen-bond acceptors (Lipinski definition) is 3. The van der Waals surface area contributed by atoms with Gasteiger partial charge in [0.2, 0.25) is 0 Å². The number of benzene rings is 1. The van der Waals surface area contributed by atoms with Gasteiger partial charge in [0.05, 0.1) is 5.02 Å². The van der Waals surface area contributed by atoms with E-state index in [-0.39, 0.29) is 0 Å². The molecule has 0 unspecified atom stereocenters. The average molecular weight is 261 g/mol. The lowest BCUT2D eigenvalue weighted by Crippen LogP contribution is -2.56. The van der Waals surface area contributed by atoms with Gasteiger partial charge in [-0.1, -0.05) is 23.2 Å². The van der Waals surface area contributed by atoms with Crippen LogP contribution in [0.15, 0.2) is 18.2 Å². The van der Waals surface area contributed by atoms with E-state index < -0.39 is 0 Å². The maximum atomic E-state index is 5.97. The second-order valence-corrected chi connectivity index (χ2v) is 4.79. The minimum Gasteiger partial charge on any atom is -0.491 e. The normalized spacial score (nSPS) is 17.2. The summed E-state index contributed by atoms with van der Waals surface area (Å²) in [7, 11) is 0. The van der Waals surface area contributed by atoms with E-state index in [1.807, 2.05) is 0 Å². The first-order valence-electron chi connectivity index (χ1n) is 5.21. The highest BCUT2D eigenvalue weighted by molar-refractivity contribution is 6.35. The predicted octanol–water partition coefficient (Wildman–Crippen LogP) is 2.02. The van der Waals surface area contributed by atoms with Gasteiger partial charge in [-0.05, 0) is 18.2 Å². The molecule has 0 bridgehead atoms. The first-order valence-corrected chi connectivity index (χ1v) is 5.96. The Bertz CT molecular complexity index is 367. The molecule has 1 heterocycles. The Morgan fingerprint density at radius 2 is 2.12 bits per heavy atom. The maximum Gasteiger partial charge on any atom is 0.138 e. The summed E-state index contributed by atoms with van der Waals surface area (Å²) in [6, 6.07) is 5.56. The molecule has 1 aliphatic heterocycles. The molecule has 1 aliphatic rings. The standard InChI is InChI=1S/C11H14Cl2N2O/c12-8-1-2-11(10(13)5-8)16-4-3-15-6-9(14)7-15/h1-2,5,9H,3-4,6-7,14H2. The zero-order chi connectivity index (χ0) is 11.5. The molecule has 1 saturated heterocycles. The van der Waals surface area contributed by atoms with Gasteiger partial charge >= 0.3 is 0 Å². The van der Waals surface area contributed by atoms with Crippen LogP contribution < -0.4 is 10.5 Å². The minimum atomic E-state index is 0.333. The number of nitrogens with two attached hydrogens (primary N) is 1. The smallest absolute Gasteiger partial charge is 0.138 e. The highest BCUT2D eigenvalue weighted by atomic mass is 35.5. The second kappa shape index (κ2) is 5.23. The largest absolute Gasteiger partial charge is 0.491 e. The van der Waals surface area contributed by atoms with Gasteiger partial charge in [-0.2, -0.15) is 0 Å². The van der Waals surface area contributed by atoms with Crippen LogP contribution in [0.3, 0.4) is 0 Å². The van der Waals surface area contributed by atoms with Crippen molar-refractivity contribution in [1.82, 2.24) is 4.90 Å². The number of likely N-dealkylation sites (tertiary alicyclic amines) is 1. The molecule has 0 saturated carbocycles. The van der Waals surface area contributed by atoms with Gasteiger partial charge in [0.1, 0.15) is 12.4 Å². The molecule has 1 aromatic carbocycles. The van der Waals surface area contributed by atoms with Gasteiger partial charge in [-0.15, -0.1) is 0 Å².